The Morgan fingerprint density at radius 2 is 2.24 bits per heavy atom. The first kappa shape index (κ1) is 15.2. The van der Waals surface area contributed by atoms with Crippen molar-refractivity contribution < 1.29 is 18.3 Å². The van der Waals surface area contributed by atoms with E-state index in [-0.39, 0.29) is 18.1 Å². The summed E-state index contributed by atoms with van der Waals surface area (Å²) >= 11 is 0. The molecule has 0 fully saturated rings. The van der Waals surface area contributed by atoms with Crippen LogP contribution in [0.2, 0.25) is 0 Å². The first-order valence-electron chi connectivity index (χ1n) is 6.54. The number of nitrogens with two attached hydrogens (primary N) is 1. The molecule has 0 bridgehead atoms. The summed E-state index contributed by atoms with van der Waals surface area (Å²) < 4.78 is 24.0. The molecule has 114 valence electrons. The molecular formula is C14H18FN3O3. The van der Waals surface area contributed by atoms with Crippen LogP contribution in [0.1, 0.15) is 20.8 Å². The maximum Gasteiger partial charge on any atom is 0.330 e. The van der Waals surface area contributed by atoms with E-state index in [9.17, 15) is 9.18 Å². The summed E-state index contributed by atoms with van der Waals surface area (Å²) in [6, 6.07) is 3.61. The van der Waals surface area contributed by atoms with E-state index in [4.69, 9.17) is 14.9 Å². The number of anilines is 1. The Labute approximate surface area is 121 Å². The second-order valence-electron chi connectivity index (χ2n) is 5.57. The number of benzene rings is 1. The van der Waals surface area contributed by atoms with Crippen LogP contribution in [-0.4, -0.2) is 29.1 Å². The van der Waals surface area contributed by atoms with E-state index in [1.54, 1.807) is 26.8 Å². The van der Waals surface area contributed by atoms with Gasteiger partial charge in [-0.3, -0.25) is 0 Å². The van der Waals surface area contributed by atoms with Crippen molar-refractivity contribution in [3.8, 4) is 0 Å². The number of ether oxygens (including phenoxy) is 1. The number of hydrogen-bond acceptors (Lipinski definition) is 6. The van der Waals surface area contributed by atoms with Crippen molar-refractivity contribution in [2.45, 2.75) is 32.4 Å². The molecule has 0 aliphatic carbocycles. The topological polar surface area (TPSA) is 90.4 Å². The Bertz CT molecular complexity index is 648. The lowest BCUT2D eigenvalue weighted by molar-refractivity contribution is -0.155. The Morgan fingerprint density at radius 3 is 2.81 bits per heavy atom. The van der Waals surface area contributed by atoms with Crippen LogP contribution in [0.3, 0.4) is 0 Å². The largest absolute Gasteiger partial charge is 0.458 e. The molecule has 1 unspecified atom stereocenters. The number of carbonyl (C=O) groups excluding carboxylic acids is 1. The van der Waals surface area contributed by atoms with Gasteiger partial charge in [0.15, 0.2) is 11.4 Å². The van der Waals surface area contributed by atoms with Crippen LogP contribution in [0, 0.1) is 5.82 Å². The zero-order valence-electron chi connectivity index (χ0n) is 12.1. The molecule has 0 saturated heterocycles. The molecule has 1 atom stereocenters. The van der Waals surface area contributed by atoms with Gasteiger partial charge in [0.1, 0.15) is 17.2 Å². The predicted octanol–water partition coefficient (Wildman–Crippen LogP) is 2.05. The number of hydrogen-bond donors (Lipinski definition) is 2. The van der Waals surface area contributed by atoms with Gasteiger partial charge in [-0.15, -0.1) is 0 Å². The van der Waals surface area contributed by atoms with Crippen LogP contribution in [-0.2, 0) is 9.53 Å². The third-order valence-electron chi connectivity index (χ3n) is 2.59. The molecule has 21 heavy (non-hydrogen) atoms. The van der Waals surface area contributed by atoms with E-state index in [1.165, 1.54) is 12.1 Å². The minimum absolute atomic E-state index is 0.00385. The highest BCUT2D eigenvalue weighted by atomic mass is 19.1. The number of halogens is 1. The minimum atomic E-state index is -0.819. The van der Waals surface area contributed by atoms with Gasteiger partial charge in [0.05, 0.1) is 0 Å². The van der Waals surface area contributed by atoms with E-state index < -0.39 is 23.4 Å². The molecule has 0 aliphatic heterocycles. The van der Waals surface area contributed by atoms with E-state index in [0.29, 0.717) is 5.52 Å². The Morgan fingerprint density at radius 1 is 1.52 bits per heavy atom. The molecule has 1 heterocycles. The SMILES string of the molecule is CC(C)(C)OC(=O)C(CN)Nc1nc2cccc(F)c2o1. The quantitative estimate of drug-likeness (QED) is 0.839. The number of esters is 1. The van der Waals surface area contributed by atoms with Gasteiger partial charge in [-0.1, -0.05) is 6.07 Å². The fourth-order valence-electron chi connectivity index (χ4n) is 1.71. The molecule has 6 nitrogen and oxygen atoms in total. The summed E-state index contributed by atoms with van der Waals surface area (Å²) in [6.07, 6.45) is 0. The van der Waals surface area contributed by atoms with Crippen LogP contribution in [0.5, 0.6) is 0 Å². The molecule has 0 spiro atoms. The number of aromatic nitrogens is 1. The van der Waals surface area contributed by atoms with Gasteiger partial charge in [-0.05, 0) is 32.9 Å². The van der Waals surface area contributed by atoms with Gasteiger partial charge >= 0.3 is 5.97 Å². The standard InChI is InChI=1S/C14H18FN3O3/c1-14(2,3)21-12(19)10(7-16)18-13-17-9-6-4-5-8(15)11(9)20-13/h4-6,10H,7,16H2,1-3H3,(H,17,18). The molecule has 7 heteroatoms. The van der Waals surface area contributed by atoms with Gasteiger partial charge in [-0.2, -0.15) is 4.98 Å². The normalized spacial score (nSPS) is 13.2. The summed E-state index contributed by atoms with van der Waals surface area (Å²) in [5.41, 5.74) is 5.32. The number of para-hydroxylation sites is 1. The van der Waals surface area contributed by atoms with Crippen LogP contribution < -0.4 is 11.1 Å². The van der Waals surface area contributed by atoms with Crippen molar-refractivity contribution >= 4 is 23.1 Å². The number of nitrogens with zero attached hydrogens (tertiary/aromatic N) is 1. The third kappa shape index (κ3) is 3.69. The Balaban J connectivity index is 2.17. The monoisotopic (exact) mass is 295 g/mol. The van der Waals surface area contributed by atoms with Crippen molar-refractivity contribution in [1.82, 2.24) is 4.98 Å². The number of rotatable bonds is 4. The van der Waals surface area contributed by atoms with Crippen LogP contribution >= 0.6 is 0 Å². The van der Waals surface area contributed by atoms with Gasteiger partial charge < -0.3 is 20.2 Å². The Kier molecular flexibility index (Phi) is 4.13. The number of fused-ring (bicyclic) bond motifs is 1. The van der Waals surface area contributed by atoms with Crippen LogP contribution in [0.15, 0.2) is 22.6 Å². The van der Waals surface area contributed by atoms with Gasteiger partial charge in [0.25, 0.3) is 6.01 Å². The average Bonchev–Trinajstić information content (AvgIpc) is 2.78. The summed E-state index contributed by atoms with van der Waals surface area (Å²) in [7, 11) is 0. The maximum atomic E-state index is 13.5. The maximum absolute atomic E-state index is 13.5. The third-order valence-corrected chi connectivity index (χ3v) is 2.59. The molecular weight excluding hydrogens is 277 g/mol. The van der Waals surface area contributed by atoms with E-state index in [2.05, 4.69) is 10.3 Å². The molecule has 3 N–H and O–H groups in total. The zero-order valence-corrected chi connectivity index (χ0v) is 12.1. The summed E-state index contributed by atoms with van der Waals surface area (Å²) in [6.45, 7) is 5.27. The molecule has 2 rings (SSSR count). The molecule has 0 saturated carbocycles. The number of oxazole rings is 1. The molecule has 0 aliphatic rings. The fourth-order valence-corrected chi connectivity index (χ4v) is 1.71. The second-order valence-corrected chi connectivity index (χ2v) is 5.57. The van der Waals surface area contributed by atoms with Crippen molar-refractivity contribution in [1.29, 1.82) is 0 Å². The van der Waals surface area contributed by atoms with Crippen LogP contribution in [0.4, 0.5) is 10.4 Å². The second kappa shape index (κ2) is 5.69. The number of nitrogens with one attached hydrogen (secondary N) is 1. The van der Waals surface area contributed by atoms with Gasteiger partial charge in [-0.25, -0.2) is 9.18 Å². The summed E-state index contributed by atoms with van der Waals surface area (Å²) in [5.74, 6) is -1.04. The molecule has 0 radical (unpaired) electrons. The molecule has 1 aromatic carbocycles. The highest BCUT2D eigenvalue weighted by molar-refractivity contribution is 5.80. The van der Waals surface area contributed by atoms with E-state index in [1.807, 2.05) is 0 Å². The molecule has 1 aromatic heterocycles. The number of carbonyl (C=O) groups is 1. The van der Waals surface area contributed by atoms with Crippen molar-refractivity contribution in [2.24, 2.45) is 5.73 Å². The summed E-state index contributed by atoms with van der Waals surface area (Å²) in [5, 5.41) is 2.72. The zero-order chi connectivity index (χ0) is 15.6. The molecule has 2 aromatic rings. The van der Waals surface area contributed by atoms with Crippen molar-refractivity contribution in [3.63, 3.8) is 0 Å². The van der Waals surface area contributed by atoms with E-state index >= 15 is 0 Å². The smallest absolute Gasteiger partial charge is 0.330 e. The van der Waals surface area contributed by atoms with Crippen LogP contribution in [0.25, 0.3) is 11.1 Å². The lowest BCUT2D eigenvalue weighted by Crippen LogP contribution is -2.41. The lowest BCUT2D eigenvalue weighted by atomic mass is 10.2. The predicted molar refractivity (Wildman–Crippen MR) is 76.3 cm³/mol. The minimum Gasteiger partial charge on any atom is -0.458 e. The first-order chi connectivity index (χ1) is 9.80. The highest BCUT2D eigenvalue weighted by Crippen LogP contribution is 2.22. The first-order valence-corrected chi connectivity index (χ1v) is 6.54. The van der Waals surface area contributed by atoms with Gasteiger partial charge in [0.2, 0.25) is 0 Å². The summed E-state index contributed by atoms with van der Waals surface area (Å²) in [4.78, 5) is 16.0. The van der Waals surface area contributed by atoms with Crippen molar-refractivity contribution in [3.05, 3.63) is 24.0 Å². The van der Waals surface area contributed by atoms with Gasteiger partial charge in [0, 0.05) is 6.54 Å². The fraction of sp³-hybridized carbons (Fsp3) is 0.429. The average molecular weight is 295 g/mol. The highest BCUT2D eigenvalue weighted by Gasteiger charge is 2.25. The van der Waals surface area contributed by atoms with Crippen molar-refractivity contribution in [2.75, 3.05) is 11.9 Å². The lowest BCUT2D eigenvalue weighted by Gasteiger charge is -2.23. The Hall–Kier alpha value is -2.15. The molecule has 0 amide bonds. The van der Waals surface area contributed by atoms with E-state index in [0.717, 1.165) is 0 Å².